The van der Waals surface area contributed by atoms with Crippen LogP contribution in [0.4, 0.5) is 11.4 Å². The van der Waals surface area contributed by atoms with Crippen molar-refractivity contribution in [2.75, 3.05) is 37.3 Å². The zero-order valence-electron chi connectivity index (χ0n) is 31.0. The van der Waals surface area contributed by atoms with E-state index in [1.54, 1.807) is 0 Å². The molecule has 1 N–H and O–H groups in total. The Morgan fingerprint density at radius 3 is 2.41 bits per heavy atom. The fourth-order valence-electron chi connectivity index (χ4n) is 7.23. The molecule has 2 aliphatic rings. The van der Waals surface area contributed by atoms with Crippen molar-refractivity contribution in [3.63, 3.8) is 0 Å². The molecule has 0 saturated heterocycles. The quantitative estimate of drug-likeness (QED) is 0.102. The summed E-state index contributed by atoms with van der Waals surface area (Å²) in [5.74, 6) is 0.181. The van der Waals surface area contributed by atoms with Gasteiger partial charge in [-0.15, -0.1) is 0 Å². The fourth-order valence-corrected chi connectivity index (χ4v) is 7.72. The van der Waals surface area contributed by atoms with E-state index in [0.717, 1.165) is 50.3 Å². The third-order valence-electron chi connectivity index (χ3n) is 10.1. The summed E-state index contributed by atoms with van der Waals surface area (Å²) in [5.41, 5.74) is 8.18. The van der Waals surface area contributed by atoms with Crippen LogP contribution in [-0.4, -0.2) is 66.4 Å². The summed E-state index contributed by atoms with van der Waals surface area (Å²) in [5, 5.41) is 0. The second kappa shape index (κ2) is 16.1. The van der Waals surface area contributed by atoms with Crippen LogP contribution in [-0.2, 0) is 32.3 Å². The first kappa shape index (κ1) is 38.5. The highest BCUT2D eigenvalue weighted by Crippen LogP contribution is 2.48. The molecule has 0 radical (unpaired) electrons. The topological polar surface area (TPSA) is 80.9 Å². The Hall–Kier alpha value is -3.33. The summed E-state index contributed by atoms with van der Waals surface area (Å²) in [7, 11) is -1.88. The van der Waals surface area contributed by atoms with Gasteiger partial charge in [0.25, 0.3) is 10.1 Å². The largest absolute Gasteiger partial charge is 0.344 e. The molecule has 2 aromatic carbocycles. The molecule has 2 heterocycles. The number of fused-ring (bicyclic) bond motifs is 2. The van der Waals surface area contributed by atoms with Crippen LogP contribution in [0.15, 0.2) is 78.5 Å². The summed E-state index contributed by atoms with van der Waals surface area (Å²) in [4.78, 5) is 16.9. The van der Waals surface area contributed by atoms with Crippen molar-refractivity contribution in [2.45, 2.75) is 97.9 Å². The second-order valence-corrected chi connectivity index (χ2v) is 16.6. The van der Waals surface area contributed by atoms with E-state index >= 15 is 0 Å². The lowest BCUT2D eigenvalue weighted by Crippen LogP contribution is -2.28. The Labute approximate surface area is 295 Å². The lowest BCUT2D eigenvalue weighted by molar-refractivity contribution is -0.437. The molecule has 2 aliphatic heterocycles. The van der Waals surface area contributed by atoms with Crippen LogP contribution in [0, 0.1) is 5.92 Å². The normalized spacial score (nSPS) is 17.8. The molecule has 4 rings (SSSR count). The second-order valence-electron chi connectivity index (χ2n) is 15.1. The van der Waals surface area contributed by atoms with Crippen LogP contribution in [0.3, 0.4) is 0 Å². The summed E-state index contributed by atoms with van der Waals surface area (Å²) in [6.07, 6.45) is 14.8. The molecule has 7 nitrogen and oxygen atoms in total. The van der Waals surface area contributed by atoms with E-state index in [2.05, 4.69) is 117 Å². The van der Waals surface area contributed by atoms with Crippen molar-refractivity contribution < 1.29 is 22.3 Å². The molecular formula is C41H58N3O4S+. The van der Waals surface area contributed by atoms with Crippen molar-refractivity contribution in [1.29, 1.82) is 0 Å². The van der Waals surface area contributed by atoms with Crippen molar-refractivity contribution in [2.24, 2.45) is 5.92 Å². The number of hydrogen-bond acceptors (Lipinski definition) is 5. The number of benzene rings is 2. The number of anilines is 1. The van der Waals surface area contributed by atoms with Crippen LogP contribution in [0.2, 0.25) is 0 Å². The molecular weight excluding hydrogens is 631 g/mol. The Bertz CT molecular complexity index is 1730. The lowest BCUT2D eigenvalue weighted by atomic mass is 9.81. The van der Waals surface area contributed by atoms with Crippen molar-refractivity contribution in [1.82, 2.24) is 4.90 Å². The smallest absolute Gasteiger partial charge is 0.265 e. The monoisotopic (exact) mass is 688 g/mol. The van der Waals surface area contributed by atoms with Gasteiger partial charge in [-0.1, -0.05) is 89.6 Å². The van der Waals surface area contributed by atoms with Crippen LogP contribution >= 0.6 is 0 Å². The molecule has 0 spiro atoms. The number of para-hydroxylation sites is 1. The van der Waals surface area contributed by atoms with E-state index in [1.165, 1.54) is 28.1 Å². The molecule has 0 saturated carbocycles. The van der Waals surface area contributed by atoms with Gasteiger partial charge in [0.15, 0.2) is 5.71 Å². The number of carbonyl (C=O) groups is 1. The molecule has 8 heteroatoms. The highest BCUT2D eigenvalue weighted by atomic mass is 32.2. The highest BCUT2D eigenvalue weighted by Gasteiger charge is 2.44. The Balaban J connectivity index is 1.55. The van der Waals surface area contributed by atoms with Gasteiger partial charge in [-0.05, 0) is 63.6 Å². The van der Waals surface area contributed by atoms with Crippen LogP contribution in [0.25, 0.3) is 0 Å². The number of Topliss-reactive ketones (excluding diaryl/α,β-unsaturated/α-hetero) is 1. The maximum absolute atomic E-state index is 12.1. The molecule has 0 bridgehead atoms. The zero-order chi connectivity index (χ0) is 36.0. The summed E-state index contributed by atoms with van der Waals surface area (Å²) in [6, 6.07) is 15.2. The average molecular weight is 689 g/mol. The van der Waals surface area contributed by atoms with Crippen LogP contribution < -0.4 is 4.90 Å². The van der Waals surface area contributed by atoms with Gasteiger partial charge in [0.05, 0.1) is 11.2 Å². The van der Waals surface area contributed by atoms with Crippen molar-refractivity contribution >= 4 is 33.0 Å². The Morgan fingerprint density at radius 2 is 1.71 bits per heavy atom. The van der Waals surface area contributed by atoms with Crippen molar-refractivity contribution in [3.8, 4) is 0 Å². The van der Waals surface area contributed by atoms with E-state index in [4.69, 9.17) is 0 Å². The molecule has 0 aromatic heterocycles. The van der Waals surface area contributed by atoms with Crippen LogP contribution in [0.5, 0.6) is 0 Å². The highest BCUT2D eigenvalue weighted by molar-refractivity contribution is 7.85. The molecule has 0 aliphatic carbocycles. The van der Waals surface area contributed by atoms with Gasteiger partial charge in [-0.2, -0.15) is 13.0 Å². The Kier molecular flexibility index (Phi) is 12.7. The average Bonchev–Trinajstić information content (AvgIpc) is 3.37. The number of ketones is 1. The third-order valence-corrected chi connectivity index (χ3v) is 10.9. The number of carbonyl (C=O) groups excluding carboxylic acids is 1. The minimum absolute atomic E-state index is 0.104. The first-order chi connectivity index (χ1) is 23.1. The van der Waals surface area contributed by atoms with E-state index in [1.807, 2.05) is 26.0 Å². The molecule has 0 amide bonds. The maximum atomic E-state index is 12.1. The standard InChI is InChI=1S/C41H57N3O4S/c1-9-10-26-43-36-24-23-32(30-42(8)25-16-20-37(45)31(2)3)29-34(36)41(6,7)39(43)22-13-11-12-21-38-40(4,5)33-18-14-15-19-35(33)44(38)27-17-28-49(46,47)48/h11-15,18-19,21-24,29,31H,9-10,16-17,20,25-28,30H2,1-8H3/p+1. The van der Waals surface area contributed by atoms with Gasteiger partial charge in [0.1, 0.15) is 12.3 Å². The minimum atomic E-state index is -4.02. The number of allylic oxidation sites excluding steroid dienone is 6. The van der Waals surface area contributed by atoms with E-state index in [9.17, 15) is 17.8 Å². The van der Waals surface area contributed by atoms with Gasteiger partial charge in [0.2, 0.25) is 5.69 Å². The van der Waals surface area contributed by atoms with Gasteiger partial charge < -0.3 is 9.80 Å². The molecule has 266 valence electrons. The molecule has 0 atom stereocenters. The summed E-state index contributed by atoms with van der Waals surface area (Å²) in [6.45, 7) is 18.4. The molecule has 49 heavy (non-hydrogen) atoms. The predicted octanol–water partition coefficient (Wildman–Crippen LogP) is 8.37. The number of rotatable bonds is 17. The fraction of sp³-hybridized carbons (Fsp3) is 0.512. The van der Waals surface area contributed by atoms with Gasteiger partial charge in [0, 0.05) is 66.4 Å². The lowest BCUT2D eigenvalue weighted by Gasteiger charge is -2.27. The first-order valence-electron chi connectivity index (χ1n) is 17.9. The predicted molar refractivity (Wildman–Crippen MR) is 204 cm³/mol. The molecule has 0 fully saturated rings. The molecule has 0 unspecified atom stereocenters. The van der Waals surface area contributed by atoms with Gasteiger partial charge in [-0.3, -0.25) is 9.35 Å². The first-order valence-corrected chi connectivity index (χ1v) is 19.6. The van der Waals surface area contributed by atoms with E-state index < -0.39 is 10.1 Å². The number of nitrogens with zero attached hydrogens (tertiary/aromatic N) is 3. The SMILES string of the molecule is CCCCN1C(=CC=CC=CC2=[N+](CCCS(=O)(=O)O)c3ccccc3C2(C)C)C(C)(C)c2cc(CN(C)CCCC(=O)C(C)C)ccc21. The minimum Gasteiger partial charge on any atom is -0.344 e. The Morgan fingerprint density at radius 1 is 0.980 bits per heavy atom. The van der Waals surface area contributed by atoms with E-state index in [-0.39, 0.29) is 22.5 Å². The zero-order valence-corrected chi connectivity index (χ0v) is 31.8. The number of unbranched alkanes of at least 4 members (excludes halogenated alkanes) is 1. The van der Waals surface area contributed by atoms with E-state index in [0.29, 0.717) is 25.2 Å². The maximum Gasteiger partial charge on any atom is 0.265 e. The van der Waals surface area contributed by atoms with Gasteiger partial charge in [-0.25, -0.2) is 0 Å². The van der Waals surface area contributed by atoms with Crippen molar-refractivity contribution in [3.05, 3.63) is 95.2 Å². The molecule has 2 aromatic rings. The summed E-state index contributed by atoms with van der Waals surface area (Å²) >= 11 is 0. The number of hydrogen-bond donors (Lipinski definition) is 1. The summed E-state index contributed by atoms with van der Waals surface area (Å²) < 4.78 is 34.4. The van der Waals surface area contributed by atoms with Gasteiger partial charge >= 0.3 is 0 Å². The van der Waals surface area contributed by atoms with Crippen LogP contribution in [0.1, 0.15) is 97.3 Å². The third kappa shape index (κ3) is 9.27.